The molecule has 0 atom stereocenters. The summed E-state index contributed by atoms with van der Waals surface area (Å²) < 4.78 is 0. The van der Waals surface area contributed by atoms with E-state index in [9.17, 15) is 9.59 Å². The second-order valence-corrected chi connectivity index (χ2v) is 7.24. The smallest absolute Gasteiger partial charge is 0.325 e. The third-order valence-corrected chi connectivity index (χ3v) is 5.42. The van der Waals surface area contributed by atoms with E-state index in [1.807, 2.05) is 25.2 Å². The van der Waals surface area contributed by atoms with Gasteiger partial charge in [-0.15, -0.1) is 0 Å². The summed E-state index contributed by atoms with van der Waals surface area (Å²) in [6, 6.07) is 10.0. The Morgan fingerprint density at radius 2 is 1.72 bits per heavy atom. The van der Waals surface area contributed by atoms with Gasteiger partial charge in [-0.05, 0) is 32.0 Å². The molecule has 3 amide bonds. The number of para-hydroxylation sites is 1. The van der Waals surface area contributed by atoms with Crippen LogP contribution in [0.25, 0.3) is 0 Å². The Labute approximate surface area is 149 Å². The highest BCUT2D eigenvalue weighted by molar-refractivity contribution is 6.07. The first kappa shape index (κ1) is 17.7. The van der Waals surface area contributed by atoms with Crippen molar-refractivity contribution in [2.24, 2.45) is 0 Å². The number of nitrogens with zero attached hydrogens (tertiary/aromatic N) is 3. The summed E-state index contributed by atoms with van der Waals surface area (Å²) in [4.78, 5) is 30.6. The first-order valence-electron chi connectivity index (χ1n) is 9.11. The van der Waals surface area contributed by atoms with Gasteiger partial charge in [-0.25, -0.2) is 4.79 Å². The topological polar surface area (TPSA) is 55.9 Å². The first-order chi connectivity index (χ1) is 12.0. The molecule has 3 rings (SSSR count). The molecule has 1 aromatic carbocycles. The van der Waals surface area contributed by atoms with Crippen LogP contribution < -0.4 is 10.2 Å². The zero-order valence-corrected chi connectivity index (χ0v) is 15.2. The number of urea groups is 1. The molecule has 0 radical (unpaired) electrons. The maximum atomic E-state index is 12.6. The lowest BCUT2D eigenvalue weighted by Gasteiger charge is -2.25. The van der Waals surface area contributed by atoms with Crippen LogP contribution in [-0.2, 0) is 4.79 Å². The zero-order valence-electron chi connectivity index (χ0n) is 15.2. The van der Waals surface area contributed by atoms with Crippen molar-refractivity contribution in [3.05, 3.63) is 30.3 Å². The number of amides is 3. The molecule has 0 aromatic heterocycles. The van der Waals surface area contributed by atoms with Gasteiger partial charge in [-0.2, -0.15) is 0 Å². The highest BCUT2D eigenvalue weighted by Gasteiger charge is 2.52. The van der Waals surface area contributed by atoms with Gasteiger partial charge in [0.15, 0.2) is 0 Å². The molecule has 1 saturated carbocycles. The summed E-state index contributed by atoms with van der Waals surface area (Å²) in [7, 11) is 4.10. The number of nitrogens with one attached hydrogen (secondary N) is 1. The number of rotatable bonds is 7. The van der Waals surface area contributed by atoms with Gasteiger partial charge in [-0.1, -0.05) is 31.0 Å². The summed E-state index contributed by atoms with van der Waals surface area (Å²) in [6.07, 6.45) is 3.61. The van der Waals surface area contributed by atoms with Gasteiger partial charge < -0.3 is 15.1 Å². The Balaban J connectivity index is 1.45. The number of carbonyl (C=O) groups excluding carboxylic acids is 2. The molecule has 1 spiro atoms. The minimum Gasteiger partial charge on any atom is -0.373 e. The second-order valence-electron chi connectivity index (χ2n) is 7.24. The average Bonchev–Trinajstić information content (AvgIpc) is 3.18. The van der Waals surface area contributed by atoms with E-state index in [0.717, 1.165) is 38.8 Å². The van der Waals surface area contributed by atoms with Crippen molar-refractivity contribution < 1.29 is 9.59 Å². The fraction of sp³-hybridized carbons (Fsp3) is 0.579. The number of anilines is 1. The first-order valence-corrected chi connectivity index (χ1v) is 9.11. The molecule has 1 heterocycles. The van der Waals surface area contributed by atoms with Gasteiger partial charge in [0.05, 0.1) is 0 Å². The van der Waals surface area contributed by atoms with Crippen molar-refractivity contribution in [1.82, 2.24) is 15.1 Å². The number of hydrogen-bond donors (Lipinski definition) is 1. The minimum absolute atomic E-state index is 0.0233. The Kier molecular flexibility index (Phi) is 5.27. The molecule has 0 unspecified atom stereocenters. The van der Waals surface area contributed by atoms with Crippen molar-refractivity contribution in [2.45, 2.75) is 31.2 Å². The van der Waals surface area contributed by atoms with Crippen LogP contribution in [-0.4, -0.2) is 67.6 Å². The fourth-order valence-corrected chi connectivity index (χ4v) is 3.71. The van der Waals surface area contributed by atoms with Gasteiger partial charge in [0.1, 0.15) is 5.54 Å². The van der Waals surface area contributed by atoms with E-state index in [1.54, 1.807) is 0 Å². The van der Waals surface area contributed by atoms with Gasteiger partial charge in [-0.3, -0.25) is 9.69 Å². The molecule has 6 heteroatoms. The molecule has 1 aliphatic heterocycles. The predicted molar refractivity (Wildman–Crippen MR) is 98.7 cm³/mol. The van der Waals surface area contributed by atoms with E-state index in [-0.39, 0.29) is 11.9 Å². The normalized spacial score (nSPS) is 19.1. The number of imide groups is 1. The predicted octanol–water partition coefficient (Wildman–Crippen LogP) is 1.92. The molecule has 136 valence electrons. The van der Waals surface area contributed by atoms with Gasteiger partial charge >= 0.3 is 6.03 Å². The van der Waals surface area contributed by atoms with E-state index in [1.165, 1.54) is 10.6 Å². The van der Waals surface area contributed by atoms with Crippen LogP contribution in [0.1, 0.15) is 25.7 Å². The van der Waals surface area contributed by atoms with Gasteiger partial charge in [0, 0.05) is 38.9 Å². The molecule has 6 nitrogen and oxygen atoms in total. The largest absolute Gasteiger partial charge is 0.373 e. The molecule has 2 fully saturated rings. The van der Waals surface area contributed by atoms with Crippen molar-refractivity contribution in [1.29, 1.82) is 0 Å². The van der Waals surface area contributed by atoms with Crippen LogP contribution in [0.15, 0.2) is 30.3 Å². The van der Waals surface area contributed by atoms with E-state index in [0.29, 0.717) is 13.1 Å². The SMILES string of the molecule is CN(CCN1C(=O)NC2(CCCC2)C1=O)CCN(C)c1ccccc1. The van der Waals surface area contributed by atoms with Crippen molar-refractivity contribution in [3.8, 4) is 0 Å². The second kappa shape index (κ2) is 7.44. The highest BCUT2D eigenvalue weighted by Crippen LogP contribution is 2.34. The molecule has 2 aliphatic rings. The van der Waals surface area contributed by atoms with E-state index in [4.69, 9.17) is 0 Å². The maximum Gasteiger partial charge on any atom is 0.325 e. The average molecular weight is 344 g/mol. The lowest BCUT2D eigenvalue weighted by Crippen LogP contribution is -2.44. The number of likely N-dealkylation sites (N-methyl/N-ethyl adjacent to an activating group) is 2. The van der Waals surface area contributed by atoms with Crippen molar-refractivity contribution >= 4 is 17.6 Å². The van der Waals surface area contributed by atoms with Crippen molar-refractivity contribution in [2.75, 3.05) is 45.2 Å². The Bertz CT molecular complexity index is 613. The minimum atomic E-state index is -0.594. The van der Waals surface area contributed by atoms with Crippen LogP contribution in [0.4, 0.5) is 10.5 Å². The quantitative estimate of drug-likeness (QED) is 0.768. The Morgan fingerprint density at radius 3 is 2.40 bits per heavy atom. The molecule has 1 aromatic rings. The van der Waals surface area contributed by atoms with Crippen LogP contribution >= 0.6 is 0 Å². The number of hydrogen-bond acceptors (Lipinski definition) is 4. The van der Waals surface area contributed by atoms with E-state index < -0.39 is 5.54 Å². The molecule has 0 bridgehead atoms. The molecule has 25 heavy (non-hydrogen) atoms. The summed E-state index contributed by atoms with van der Waals surface area (Å²) in [5.41, 5.74) is 0.594. The third-order valence-electron chi connectivity index (χ3n) is 5.42. The monoisotopic (exact) mass is 344 g/mol. The van der Waals surface area contributed by atoms with Crippen LogP contribution in [0.3, 0.4) is 0 Å². The molecular weight excluding hydrogens is 316 g/mol. The summed E-state index contributed by atoms with van der Waals surface area (Å²) >= 11 is 0. The lowest BCUT2D eigenvalue weighted by atomic mass is 9.98. The molecule has 1 aliphatic carbocycles. The molecule has 1 saturated heterocycles. The van der Waals surface area contributed by atoms with Crippen molar-refractivity contribution in [3.63, 3.8) is 0 Å². The van der Waals surface area contributed by atoms with Crippen LogP contribution in [0, 0.1) is 0 Å². The third kappa shape index (κ3) is 3.79. The van der Waals surface area contributed by atoms with E-state index >= 15 is 0 Å². The van der Waals surface area contributed by atoms with Crippen LogP contribution in [0.5, 0.6) is 0 Å². The summed E-state index contributed by atoms with van der Waals surface area (Å²) in [5, 5.41) is 2.94. The van der Waals surface area contributed by atoms with Crippen LogP contribution in [0.2, 0.25) is 0 Å². The fourth-order valence-electron chi connectivity index (χ4n) is 3.71. The van der Waals surface area contributed by atoms with Gasteiger partial charge in [0.25, 0.3) is 5.91 Å². The Morgan fingerprint density at radius 1 is 1.04 bits per heavy atom. The zero-order chi connectivity index (χ0) is 17.9. The summed E-state index contributed by atoms with van der Waals surface area (Å²) in [5.74, 6) is -0.0233. The number of benzene rings is 1. The van der Waals surface area contributed by atoms with Gasteiger partial charge in [0.2, 0.25) is 0 Å². The highest BCUT2D eigenvalue weighted by atomic mass is 16.2. The maximum absolute atomic E-state index is 12.6. The number of carbonyl (C=O) groups is 2. The summed E-state index contributed by atoms with van der Waals surface area (Å²) in [6.45, 7) is 2.92. The van der Waals surface area contributed by atoms with E-state index in [2.05, 4.69) is 34.3 Å². The molecular formula is C19H28N4O2. The Hall–Kier alpha value is -2.08. The standard InChI is InChI=1S/C19H28N4O2/c1-21(12-14-22(2)16-8-4-3-5-9-16)13-15-23-17(24)19(20-18(23)25)10-6-7-11-19/h3-5,8-9H,6-7,10-15H2,1-2H3,(H,20,25). The molecule has 1 N–H and O–H groups in total. The lowest BCUT2D eigenvalue weighted by molar-refractivity contribution is -0.131.